The second kappa shape index (κ2) is 5.56. The van der Waals surface area contributed by atoms with E-state index in [1.54, 1.807) is 12.1 Å². The monoisotopic (exact) mass is 270 g/mol. The van der Waals surface area contributed by atoms with Gasteiger partial charge in [-0.3, -0.25) is 0 Å². The third-order valence-corrected chi connectivity index (χ3v) is 2.23. The molecule has 0 bridgehead atoms. The highest BCUT2D eigenvalue weighted by Crippen LogP contribution is 2.20. The number of carboxylic acid groups (broad SMARTS) is 1. The molecule has 4 heteroatoms. The minimum atomic E-state index is -0.983. The van der Waals surface area contributed by atoms with Gasteiger partial charge in [-0.05, 0) is 17.7 Å². The fourth-order valence-corrected chi connectivity index (χ4v) is 1.36. The highest BCUT2D eigenvalue weighted by Gasteiger charge is 2.09. The lowest BCUT2D eigenvalue weighted by Gasteiger charge is -2.05. The van der Waals surface area contributed by atoms with E-state index in [1.165, 1.54) is 13.2 Å². The van der Waals surface area contributed by atoms with Crippen molar-refractivity contribution in [1.29, 1.82) is 0 Å². The summed E-state index contributed by atoms with van der Waals surface area (Å²) in [6, 6.07) is 4.98. The average Bonchev–Trinajstić information content (AvgIpc) is 2.25. The van der Waals surface area contributed by atoms with Crippen LogP contribution in [-0.4, -0.2) is 23.5 Å². The molecule has 0 aliphatic carbocycles. The van der Waals surface area contributed by atoms with E-state index in [4.69, 9.17) is 9.84 Å². The predicted octanol–water partition coefficient (Wildman–Crippen LogP) is 2.80. The number of benzene rings is 1. The van der Waals surface area contributed by atoms with Gasteiger partial charge in [0.2, 0.25) is 0 Å². The van der Waals surface area contributed by atoms with Gasteiger partial charge in [0.05, 0.1) is 7.11 Å². The van der Waals surface area contributed by atoms with Crippen molar-refractivity contribution in [2.75, 3.05) is 12.4 Å². The Morgan fingerprint density at radius 1 is 1.60 bits per heavy atom. The van der Waals surface area contributed by atoms with Crippen LogP contribution in [0.1, 0.15) is 15.9 Å². The third kappa shape index (κ3) is 3.09. The number of aromatic carboxylic acids is 1. The second-order valence-electron chi connectivity index (χ2n) is 2.82. The molecule has 0 heterocycles. The number of allylic oxidation sites excluding steroid dienone is 1. The summed E-state index contributed by atoms with van der Waals surface area (Å²) in [4.78, 5) is 10.8. The van der Waals surface area contributed by atoms with Gasteiger partial charge in [0.25, 0.3) is 0 Å². The first kappa shape index (κ1) is 11.8. The summed E-state index contributed by atoms with van der Waals surface area (Å²) in [5.74, 6) is -0.609. The lowest BCUT2D eigenvalue weighted by Crippen LogP contribution is -2.00. The number of carboxylic acids is 1. The molecule has 0 radical (unpaired) electrons. The summed E-state index contributed by atoms with van der Waals surface area (Å²) < 4.78 is 5.00. The minimum Gasteiger partial charge on any atom is -0.496 e. The molecule has 0 aliphatic heterocycles. The van der Waals surface area contributed by atoms with Crippen LogP contribution >= 0.6 is 15.9 Å². The molecule has 0 atom stereocenters. The molecule has 0 fully saturated rings. The number of halogens is 1. The lowest BCUT2D eigenvalue weighted by molar-refractivity contribution is 0.0693. The summed E-state index contributed by atoms with van der Waals surface area (Å²) in [7, 11) is 1.46. The zero-order valence-corrected chi connectivity index (χ0v) is 9.82. The van der Waals surface area contributed by atoms with E-state index in [0.29, 0.717) is 5.75 Å². The van der Waals surface area contributed by atoms with E-state index < -0.39 is 5.97 Å². The second-order valence-corrected chi connectivity index (χ2v) is 3.47. The van der Waals surface area contributed by atoms with Gasteiger partial charge in [-0.2, -0.15) is 0 Å². The van der Waals surface area contributed by atoms with Crippen LogP contribution < -0.4 is 4.74 Å². The number of alkyl halides is 1. The zero-order valence-electron chi connectivity index (χ0n) is 8.24. The molecule has 3 nitrogen and oxygen atoms in total. The molecule has 1 aromatic rings. The Kier molecular flexibility index (Phi) is 4.37. The topological polar surface area (TPSA) is 46.5 Å². The number of carbonyl (C=O) groups is 1. The van der Waals surface area contributed by atoms with Gasteiger partial charge in [0.1, 0.15) is 11.3 Å². The molecule has 0 unspecified atom stereocenters. The van der Waals surface area contributed by atoms with Crippen LogP contribution in [0.3, 0.4) is 0 Å². The fraction of sp³-hybridized carbons (Fsp3) is 0.182. The van der Waals surface area contributed by atoms with Gasteiger partial charge < -0.3 is 9.84 Å². The summed E-state index contributed by atoms with van der Waals surface area (Å²) in [5, 5.41) is 9.62. The van der Waals surface area contributed by atoms with Crippen LogP contribution in [0.4, 0.5) is 0 Å². The Morgan fingerprint density at radius 3 is 2.87 bits per heavy atom. The Balaban J connectivity index is 3.07. The first-order valence-electron chi connectivity index (χ1n) is 4.33. The van der Waals surface area contributed by atoms with Crippen LogP contribution in [0, 0.1) is 0 Å². The molecule has 0 saturated heterocycles. The maximum atomic E-state index is 10.8. The first-order valence-corrected chi connectivity index (χ1v) is 5.45. The van der Waals surface area contributed by atoms with Crippen molar-refractivity contribution in [3.8, 4) is 5.75 Å². The molecule has 15 heavy (non-hydrogen) atoms. The van der Waals surface area contributed by atoms with E-state index in [0.717, 1.165) is 10.9 Å². The predicted molar refractivity (Wildman–Crippen MR) is 62.8 cm³/mol. The maximum absolute atomic E-state index is 10.8. The molecule has 1 aromatic carbocycles. The van der Waals surface area contributed by atoms with Gasteiger partial charge in [0.15, 0.2) is 0 Å². The normalized spacial score (nSPS) is 10.5. The van der Waals surface area contributed by atoms with Gasteiger partial charge >= 0.3 is 5.97 Å². The van der Waals surface area contributed by atoms with Crippen molar-refractivity contribution in [3.05, 3.63) is 35.4 Å². The molecule has 0 saturated carbocycles. The van der Waals surface area contributed by atoms with E-state index in [1.807, 2.05) is 12.2 Å². The van der Waals surface area contributed by atoms with Crippen molar-refractivity contribution in [2.45, 2.75) is 0 Å². The van der Waals surface area contributed by atoms with Crippen molar-refractivity contribution < 1.29 is 14.6 Å². The Bertz CT molecular complexity index is 385. The molecule has 0 amide bonds. The third-order valence-electron chi connectivity index (χ3n) is 1.86. The van der Waals surface area contributed by atoms with Gasteiger partial charge in [-0.15, -0.1) is 0 Å². The maximum Gasteiger partial charge on any atom is 0.339 e. The van der Waals surface area contributed by atoms with Crippen LogP contribution in [0.25, 0.3) is 6.08 Å². The van der Waals surface area contributed by atoms with E-state index in [-0.39, 0.29) is 5.56 Å². The Labute approximate surface area is 96.5 Å². The van der Waals surface area contributed by atoms with Crippen molar-refractivity contribution in [2.24, 2.45) is 0 Å². The Morgan fingerprint density at radius 2 is 2.33 bits per heavy atom. The van der Waals surface area contributed by atoms with Crippen molar-refractivity contribution in [3.63, 3.8) is 0 Å². The Hall–Kier alpha value is -1.29. The molecule has 0 aromatic heterocycles. The number of hydrogen-bond donors (Lipinski definition) is 1. The van der Waals surface area contributed by atoms with Gasteiger partial charge in [-0.1, -0.05) is 34.1 Å². The highest BCUT2D eigenvalue weighted by molar-refractivity contribution is 9.09. The largest absolute Gasteiger partial charge is 0.496 e. The van der Waals surface area contributed by atoms with E-state index in [2.05, 4.69) is 15.9 Å². The smallest absolute Gasteiger partial charge is 0.339 e. The molecular formula is C11H11BrO3. The molecule has 0 aliphatic rings. The zero-order chi connectivity index (χ0) is 11.3. The lowest BCUT2D eigenvalue weighted by atomic mass is 10.1. The van der Waals surface area contributed by atoms with Gasteiger partial charge in [-0.25, -0.2) is 4.79 Å². The van der Waals surface area contributed by atoms with Crippen LogP contribution in [0.2, 0.25) is 0 Å². The highest BCUT2D eigenvalue weighted by atomic mass is 79.9. The van der Waals surface area contributed by atoms with Crippen LogP contribution in [-0.2, 0) is 0 Å². The number of methoxy groups -OCH3 is 1. The quantitative estimate of drug-likeness (QED) is 0.856. The SMILES string of the molecule is COc1cc(C=CCBr)ccc1C(=O)O. The molecular weight excluding hydrogens is 260 g/mol. The first-order chi connectivity index (χ1) is 7.19. The van der Waals surface area contributed by atoms with Gasteiger partial charge in [0, 0.05) is 5.33 Å². The summed E-state index contributed by atoms with van der Waals surface area (Å²) in [6.07, 6.45) is 3.82. The van der Waals surface area contributed by atoms with Crippen molar-refractivity contribution in [1.82, 2.24) is 0 Å². The molecule has 80 valence electrons. The minimum absolute atomic E-state index is 0.175. The molecule has 1 rings (SSSR count). The summed E-state index contributed by atoms with van der Waals surface area (Å²) in [6.45, 7) is 0. The number of rotatable bonds is 4. The standard InChI is InChI=1S/C11H11BrO3/c1-15-10-7-8(3-2-6-12)4-5-9(10)11(13)14/h2-5,7H,6H2,1H3,(H,13,14). The van der Waals surface area contributed by atoms with Crippen LogP contribution in [0.5, 0.6) is 5.75 Å². The number of ether oxygens (including phenoxy) is 1. The van der Waals surface area contributed by atoms with E-state index >= 15 is 0 Å². The summed E-state index contributed by atoms with van der Waals surface area (Å²) >= 11 is 3.27. The van der Waals surface area contributed by atoms with Crippen molar-refractivity contribution >= 4 is 28.0 Å². The molecule has 1 N–H and O–H groups in total. The average molecular weight is 271 g/mol. The fourth-order valence-electron chi connectivity index (χ4n) is 1.17. The summed E-state index contributed by atoms with van der Waals surface area (Å²) in [5.41, 5.74) is 1.09. The number of hydrogen-bond acceptors (Lipinski definition) is 2. The van der Waals surface area contributed by atoms with Crippen LogP contribution in [0.15, 0.2) is 24.3 Å². The molecule has 0 spiro atoms. The van der Waals surface area contributed by atoms with E-state index in [9.17, 15) is 4.79 Å².